The molecule has 11 heteroatoms. The van der Waals surface area contributed by atoms with Crippen molar-refractivity contribution in [3.63, 3.8) is 0 Å². The number of amides is 1. The van der Waals surface area contributed by atoms with E-state index < -0.39 is 41.2 Å². The van der Waals surface area contributed by atoms with E-state index in [4.69, 9.17) is 4.74 Å². The number of carbonyl (C=O) groups excluding carboxylic acids is 2. The molecule has 0 bridgehead atoms. The number of esters is 1. The molecular weight excluding hydrogens is 473 g/mol. The molecule has 0 N–H and O–H groups in total. The highest BCUT2D eigenvalue weighted by atomic mass is 32.2. The average Bonchev–Trinajstić information content (AvgIpc) is 2.82. The number of carbonyl (C=O) groups is 2. The van der Waals surface area contributed by atoms with Gasteiger partial charge in [0.25, 0.3) is 5.91 Å². The van der Waals surface area contributed by atoms with Crippen molar-refractivity contribution < 1.29 is 35.9 Å². The molecule has 2 aromatic rings. The van der Waals surface area contributed by atoms with Gasteiger partial charge in [0, 0.05) is 19.6 Å². The highest BCUT2D eigenvalue weighted by Crippen LogP contribution is 2.24. The van der Waals surface area contributed by atoms with Crippen molar-refractivity contribution in [2.24, 2.45) is 0 Å². The van der Waals surface area contributed by atoms with Crippen LogP contribution in [0.2, 0.25) is 0 Å². The molecule has 34 heavy (non-hydrogen) atoms. The largest absolute Gasteiger partial charge is 0.452 e. The first-order valence-electron chi connectivity index (χ1n) is 10.7. The minimum absolute atomic E-state index is 0.259. The van der Waals surface area contributed by atoms with Crippen LogP contribution in [-0.4, -0.2) is 61.9 Å². The number of benzene rings is 2. The molecule has 1 heterocycles. The Morgan fingerprint density at radius 3 is 2.21 bits per heavy atom. The van der Waals surface area contributed by atoms with Gasteiger partial charge in [-0.3, -0.25) is 4.79 Å². The first-order valence-corrected chi connectivity index (χ1v) is 12.2. The molecule has 1 amide bonds. The van der Waals surface area contributed by atoms with Crippen LogP contribution in [0.5, 0.6) is 0 Å². The molecule has 7 nitrogen and oxygen atoms in total. The lowest BCUT2D eigenvalue weighted by molar-refractivity contribution is -0.164. The second-order valence-corrected chi connectivity index (χ2v) is 9.79. The van der Waals surface area contributed by atoms with Crippen LogP contribution in [-0.2, 0) is 26.1 Å². The van der Waals surface area contributed by atoms with Gasteiger partial charge in [-0.05, 0) is 30.5 Å². The summed E-state index contributed by atoms with van der Waals surface area (Å²) in [6, 6.07) is 13.5. The van der Waals surface area contributed by atoms with E-state index in [1.165, 1.54) is 28.6 Å². The summed E-state index contributed by atoms with van der Waals surface area (Å²) in [4.78, 5) is 25.5. The maximum atomic E-state index is 13.0. The number of hydrogen-bond acceptors (Lipinski definition) is 5. The summed E-state index contributed by atoms with van der Waals surface area (Å²) < 4.78 is 71.4. The molecule has 0 radical (unpaired) electrons. The Kier molecular flexibility index (Phi) is 8.32. The smallest absolute Gasteiger partial charge is 0.406 e. The van der Waals surface area contributed by atoms with Crippen LogP contribution in [0.4, 0.5) is 13.2 Å². The van der Waals surface area contributed by atoms with Gasteiger partial charge in [-0.15, -0.1) is 0 Å². The molecule has 0 aromatic heterocycles. The number of piperidine rings is 1. The van der Waals surface area contributed by atoms with Crippen LogP contribution >= 0.6 is 0 Å². The van der Waals surface area contributed by atoms with Crippen LogP contribution in [0.15, 0.2) is 59.5 Å². The molecule has 3 rings (SSSR count). The Bertz CT molecular complexity index is 1100. The van der Waals surface area contributed by atoms with E-state index in [1.54, 1.807) is 30.3 Å². The zero-order valence-electron chi connectivity index (χ0n) is 18.3. The summed E-state index contributed by atoms with van der Waals surface area (Å²) in [6.07, 6.45) is -2.33. The van der Waals surface area contributed by atoms with E-state index in [9.17, 15) is 31.2 Å². The van der Waals surface area contributed by atoms with E-state index in [-0.39, 0.29) is 17.0 Å². The summed E-state index contributed by atoms with van der Waals surface area (Å²) >= 11 is 0. The maximum Gasteiger partial charge on any atom is 0.406 e. The first kappa shape index (κ1) is 25.7. The van der Waals surface area contributed by atoms with Crippen LogP contribution in [0.1, 0.15) is 35.2 Å². The number of ether oxygens (including phenoxy) is 1. The molecule has 0 spiro atoms. The monoisotopic (exact) mass is 498 g/mol. The Morgan fingerprint density at radius 1 is 0.941 bits per heavy atom. The maximum absolute atomic E-state index is 13.0. The molecule has 2 aromatic carbocycles. The van der Waals surface area contributed by atoms with Crippen molar-refractivity contribution in [2.75, 3.05) is 26.2 Å². The van der Waals surface area contributed by atoms with Gasteiger partial charge in [0.2, 0.25) is 10.0 Å². The van der Waals surface area contributed by atoms with Crippen molar-refractivity contribution in [2.45, 2.75) is 36.9 Å². The predicted octanol–water partition coefficient (Wildman–Crippen LogP) is 3.61. The third-order valence-electron chi connectivity index (χ3n) is 5.31. The van der Waals surface area contributed by atoms with Crippen molar-refractivity contribution in [3.8, 4) is 0 Å². The van der Waals surface area contributed by atoms with Gasteiger partial charge >= 0.3 is 12.1 Å². The molecule has 1 aliphatic heterocycles. The Labute approximate surface area is 196 Å². The molecular formula is C23H25F3N2O5S. The van der Waals surface area contributed by atoms with Crippen LogP contribution in [0, 0.1) is 0 Å². The van der Waals surface area contributed by atoms with E-state index in [2.05, 4.69) is 0 Å². The van der Waals surface area contributed by atoms with Crippen LogP contribution < -0.4 is 0 Å². The van der Waals surface area contributed by atoms with Gasteiger partial charge in [0.1, 0.15) is 6.54 Å². The third-order valence-corrected chi connectivity index (χ3v) is 7.26. The van der Waals surface area contributed by atoms with E-state index >= 15 is 0 Å². The predicted molar refractivity (Wildman–Crippen MR) is 117 cm³/mol. The zero-order chi connectivity index (χ0) is 24.8. The lowest BCUT2D eigenvalue weighted by Crippen LogP contribution is -2.40. The van der Waals surface area contributed by atoms with Gasteiger partial charge in [0.15, 0.2) is 6.61 Å². The standard InChI is InChI=1S/C23H25F3N2O5S/c24-23(25,26)17-27(15-18-9-3-1-4-10-18)21(29)16-33-22(30)19-11-5-6-12-20(19)34(31,32)28-13-7-2-8-14-28/h1,3-6,9-12H,2,7-8,13-17H2. The van der Waals surface area contributed by atoms with Gasteiger partial charge in [0.05, 0.1) is 10.5 Å². The summed E-state index contributed by atoms with van der Waals surface area (Å²) in [6.45, 7) is -2.14. The zero-order valence-corrected chi connectivity index (χ0v) is 19.1. The number of halogens is 3. The second-order valence-electron chi connectivity index (χ2n) is 7.89. The normalized spacial score (nSPS) is 15.0. The van der Waals surface area contributed by atoms with Crippen molar-refractivity contribution in [1.82, 2.24) is 9.21 Å². The molecule has 0 atom stereocenters. The molecule has 1 fully saturated rings. The number of nitrogens with zero attached hydrogens (tertiary/aromatic N) is 2. The molecule has 1 saturated heterocycles. The van der Waals surface area contributed by atoms with Gasteiger partial charge in [-0.25, -0.2) is 13.2 Å². The summed E-state index contributed by atoms with van der Waals surface area (Å²) in [5.74, 6) is -2.15. The van der Waals surface area contributed by atoms with Gasteiger partial charge in [-0.1, -0.05) is 48.9 Å². The van der Waals surface area contributed by atoms with Crippen molar-refractivity contribution in [1.29, 1.82) is 0 Å². The Morgan fingerprint density at radius 2 is 1.56 bits per heavy atom. The number of alkyl halides is 3. The van der Waals surface area contributed by atoms with Crippen molar-refractivity contribution >= 4 is 21.9 Å². The van der Waals surface area contributed by atoms with E-state index in [1.807, 2.05) is 0 Å². The fourth-order valence-electron chi connectivity index (χ4n) is 3.65. The summed E-state index contributed by atoms with van der Waals surface area (Å²) in [7, 11) is -3.97. The first-order chi connectivity index (χ1) is 16.1. The van der Waals surface area contributed by atoms with Gasteiger partial charge in [-0.2, -0.15) is 17.5 Å². The molecule has 184 valence electrons. The fraction of sp³-hybridized carbons (Fsp3) is 0.391. The Hall–Kier alpha value is -2.92. The average molecular weight is 499 g/mol. The van der Waals surface area contributed by atoms with Crippen LogP contribution in [0.25, 0.3) is 0 Å². The summed E-state index contributed by atoms with van der Waals surface area (Å²) in [5.41, 5.74) is 0.204. The second kappa shape index (κ2) is 11.0. The van der Waals surface area contributed by atoms with E-state index in [0.717, 1.165) is 6.42 Å². The minimum Gasteiger partial charge on any atom is -0.452 e. The van der Waals surface area contributed by atoms with E-state index in [0.29, 0.717) is 36.4 Å². The van der Waals surface area contributed by atoms with Gasteiger partial charge < -0.3 is 9.64 Å². The minimum atomic E-state index is -4.65. The highest BCUT2D eigenvalue weighted by Gasteiger charge is 2.34. The topological polar surface area (TPSA) is 84.0 Å². The number of hydrogen-bond donors (Lipinski definition) is 0. The lowest BCUT2D eigenvalue weighted by Gasteiger charge is -2.26. The van der Waals surface area contributed by atoms with Crippen molar-refractivity contribution in [3.05, 3.63) is 65.7 Å². The third kappa shape index (κ3) is 6.80. The lowest BCUT2D eigenvalue weighted by atomic mass is 10.2. The molecule has 0 unspecified atom stereocenters. The Balaban J connectivity index is 1.73. The number of rotatable bonds is 8. The molecule has 1 aliphatic rings. The number of sulfonamides is 1. The fourth-order valence-corrected chi connectivity index (χ4v) is 5.35. The summed E-state index contributed by atoms with van der Waals surface area (Å²) in [5, 5.41) is 0. The molecule has 0 saturated carbocycles. The quantitative estimate of drug-likeness (QED) is 0.520. The SMILES string of the molecule is O=C(OCC(=O)N(Cc1ccccc1)CC(F)(F)F)c1ccccc1S(=O)(=O)N1CCCCC1. The molecule has 0 aliphatic carbocycles. The highest BCUT2D eigenvalue weighted by molar-refractivity contribution is 7.89. The van der Waals surface area contributed by atoms with Crippen LogP contribution in [0.3, 0.4) is 0 Å².